The highest BCUT2D eigenvalue weighted by molar-refractivity contribution is 6.30. The van der Waals surface area contributed by atoms with Crippen molar-refractivity contribution in [1.29, 1.82) is 5.26 Å². The highest BCUT2D eigenvalue weighted by atomic mass is 35.5. The lowest BCUT2D eigenvalue weighted by Crippen LogP contribution is -2.18. The molecule has 0 aliphatic carbocycles. The van der Waals surface area contributed by atoms with Gasteiger partial charge in [0.1, 0.15) is 12.4 Å². The number of halogens is 2. The molecule has 0 heterocycles. The van der Waals surface area contributed by atoms with E-state index in [9.17, 15) is 4.39 Å². The summed E-state index contributed by atoms with van der Waals surface area (Å²) in [6.07, 6.45) is 0. The zero-order chi connectivity index (χ0) is 9.84. The van der Waals surface area contributed by atoms with Crippen molar-refractivity contribution in [2.75, 3.05) is 18.5 Å². The molecule has 0 radical (unpaired) electrons. The molecule has 0 saturated heterocycles. The maximum atomic E-state index is 13.1. The average molecular weight is 199 g/mol. The SMILES string of the molecule is CN(CC#N)c1cc(Cl)ccc1F. The summed E-state index contributed by atoms with van der Waals surface area (Å²) in [4.78, 5) is 1.50. The van der Waals surface area contributed by atoms with Gasteiger partial charge in [0, 0.05) is 12.1 Å². The normalized spacial score (nSPS) is 9.38. The predicted molar refractivity (Wildman–Crippen MR) is 50.3 cm³/mol. The van der Waals surface area contributed by atoms with Gasteiger partial charge in [0.25, 0.3) is 0 Å². The molecule has 2 nitrogen and oxygen atoms in total. The van der Waals surface area contributed by atoms with Crippen LogP contribution in [0.3, 0.4) is 0 Å². The van der Waals surface area contributed by atoms with Crippen LogP contribution in [0.1, 0.15) is 0 Å². The Morgan fingerprint density at radius 3 is 2.92 bits per heavy atom. The summed E-state index contributed by atoms with van der Waals surface area (Å²) in [6, 6.07) is 6.18. The molecule has 0 saturated carbocycles. The van der Waals surface area contributed by atoms with Crippen molar-refractivity contribution in [3.05, 3.63) is 29.0 Å². The molecule has 68 valence electrons. The summed E-state index contributed by atoms with van der Waals surface area (Å²) in [7, 11) is 1.64. The first-order valence-electron chi connectivity index (χ1n) is 3.68. The van der Waals surface area contributed by atoms with Crippen LogP contribution in [0.4, 0.5) is 10.1 Å². The van der Waals surface area contributed by atoms with E-state index in [0.717, 1.165) is 0 Å². The Kier molecular flexibility index (Phi) is 3.10. The molecular formula is C9H8ClFN2. The van der Waals surface area contributed by atoms with E-state index in [2.05, 4.69) is 0 Å². The first kappa shape index (κ1) is 9.82. The van der Waals surface area contributed by atoms with Crippen molar-refractivity contribution >= 4 is 17.3 Å². The van der Waals surface area contributed by atoms with E-state index in [0.29, 0.717) is 10.7 Å². The number of rotatable bonds is 2. The van der Waals surface area contributed by atoms with E-state index >= 15 is 0 Å². The van der Waals surface area contributed by atoms with Crippen LogP contribution in [0.2, 0.25) is 5.02 Å². The first-order chi connectivity index (χ1) is 6.15. The topological polar surface area (TPSA) is 27.0 Å². The van der Waals surface area contributed by atoms with Gasteiger partial charge in [-0.15, -0.1) is 0 Å². The third-order valence-electron chi connectivity index (χ3n) is 1.63. The molecule has 4 heteroatoms. The lowest BCUT2D eigenvalue weighted by Gasteiger charge is -2.15. The number of hydrogen-bond acceptors (Lipinski definition) is 2. The largest absolute Gasteiger partial charge is 0.359 e. The summed E-state index contributed by atoms with van der Waals surface area (Å²) in [5.74, 6) is -0.373. The van der Waals surface area contributed by atoms with Crippen LogP contribution in [-0.4, -0.2) is 13.6 Å². The fourth-order valence-corrected chi connectivity index (χ4v) is 1.14. The average Bonchev–Trinajstić information content (AvgIpc) is 2.09. The minimum Gasteiger partial charge on any atom is -0.359 e. The standard InChI is InChI=1S/C9H8ClFN2/c1-13(5-4-12)9-6-7(10)2-3-8(9)11/h2-3,6H,5H2,1H3. The second-order valence-electron chi connectivity index (χ2n) is 2.61. The van der Waals surface area contributed by atoms with Gasteiger partial charge in [0.15, 0.2) is 0 Å². The van der Waals surface area contributed by atoms with Gasteiger partial charge in [0.2, 0.25) is 0 Å². The molecule has 0 aliphatic rings. The number of benzene rings is 1. The van der Waals surface area contributed by atoms with Gasteiger partial charge in [-0.1, -0.05) is 11.6 Å². The number of nitriles is 1. The second-order valence-corrected chi connectivity index (χ2v) is 3.05. The summed E-state index contributed by atoms with van der Waals surface area (Å²) in [5, 5.41) is 8.87. The number of hydrogen-bond donors (Lipinski definition) is 0. The maximum Gasteiger partial charge on any atom is 0.146 e. The molecule has 1 rings (SSSR count). The molecule has 13 heavy (non-hydrogen) atoms. The Bertz CT molecular complexity index is 346. The van der Waals surface area contributed by atoms with Crippen LogP contribution in [0.15, 0.2) is 18.2 Å². The van der Waals surface area contributed by atoms with Crippen molar-refractivity contribution in [3.63, 3.8) is 0 Å². The molecule has 0 N–H and O–H groups in total. The number of anilines is 1. The highest BCUT2D eigenvalue weighted by Crippen LogP contribution is 2.22. The van der Waals surface area contributed by atoms with Gasteiger partial charge in [-0.25, -0.2) is 4.39 Å². The van der Waals surface area contributed by atoms with Gasteiger partial charge in [-0.3, -0.25) is 0 Å². The first-order valence-corrected chi connectivity index (χ1v) is 4.06. The molecule has 0 aromatic heterocycles. The molecule has 0 atom stereocenters. The van der Waals surface area contributed by atoms with Crippen molar-refractivity contribution in [2.24, 2.45) is 0 Å². The van der Waals surface area contributed by atoms with Gasteiger partial charge >= 0.3 is 0 Å². The molecule has 1 aromatic carbocycles. The van der Waals surface area contributed by atoms with E-state index < -0.39 is 0 Å². The predicted octanol–water partition coefficient (Wildman–Crippen LogP) is 2.44. The van der Waals surface area contributed by atoms with Crippen LogP contribution in [0.25, 0.3) is 0 Å². The Hall–Kier alpha value is -1.27. The van der Waals surface area contributed by atoms with E-state index in [1.807, 2.05) is 6.07 Å². The third-order valence-corrected chi connectivity index (χ3v) is 1.86. The summed E-state index contributed by atoms with van der Waals surface area (Å²) in [6.45, 7) is 0.136. The second kappa shape index (κ2) is 4.11. The van der Waals surface area contributed by atoms with E-state index in [1.54, 1.807) is 7.05 Å². The van der Waals surface area contributed by atoms with Crippen LogP contribution in [0, 0.1) is 17.1 Å². The van der Waals surface area contributed by atoms with Crippen molar-refractivity contribution in [2.45, 2.75) is 0 Å². The van der Waals surface area contributed by atoms with Crippen LogP contribution < -0.4 is 4.90 Å². The Morgan fingerprint density at radius 1 is 1.62 bits per heavy atom. The maximum absolute atomic E-state index is 13.1. The smallest absolute Gasteiger partial charge is 0.146 e. The van der Waals surface area contributed by atoms with Gasteiger partial charge in [0.05, 0.1) is 11.8 Å². The Balaban J connectivity index is 3.00. The lowest BCUT2D eigenvalue weighted by atomic mass is 10.3. The molecular weight excluding hydrogens is 191 g/mol. The van der Waals surface area contributed by atoms with Gasteiger partial charge in [-0.05, 0) is 18.2 Å². The third kappa shape index (κ3) is 2.33. The quantitative estimate of drug-likeness (QED) is 0.683. The van der Waals surface area contributed by atoms with Crippen molar-refractivity contribution in [1.82, 2.24) is 0 Å². The molecule has 0 spiro atoms. The summed E-state index contributed by atoms with van der Waals surface area (Å²) in [5.41, 5.74) is 0.342. The monoisotopic (exact) mass is 198 g/mol. The zero-order valence-electron chi connectivity index (χ0n) is 7.09. The molecule has 0 amide bonds. The number of nitrogens with zero attached hydrogens (tertiary/aromatic N) is 2. The van der Waals surface area contributed by atoms with E-state index in [1.165, 1.54) is 23.1 Å². The van der Waals surface area contributed by atoms with Crippen molar-refractivity contribution < 1.29 is 4.39 Å². The van der Waals surface area contributed by atoms with E-state index in [4.69, 9.17) is 16.9 Å². The molecule has 1 aromatic rings. The molecule has 0 aliphatic heterocycles. The minimum atomic E-state index is -0.373. The van der Waals surface area contributed by atoms with Gasteiger partial charge < -0.3 is 4.90 Å². The zero-order valence-corrected chi connectivity index (χ0v) is 7.85. The highest BCUT2D eigenvalue weighted by Gasteiger charge is 2.06. The minimum absolute atomic E-state index is 0.136. The fourth-order valence-electron chi connectivity index (χ4n) is 0.970. The summed E-state index contributed by atoms with van der Waals surface area (Å²) >= 11 is 5.68. The lowest BCUT2D eigenvalue weighted by molar-refractivity contribution is 0.625. The van der Waals surface area contributed by atoms with Crippen LogP contribution in [0.5, 0.6) is 0 Å². The Labute approximate surface area is 81.1 Å². The molecule has 0 fully saturated rings. The summed E-state index contributed by atoms with van der Waals surface area (Å²) < 4.78 is 13.1. The van der Waals surface area contributed by atoms with Crippen LogP contribution >= 0.6 is 11.6 Å². The van der Waals surface area contributed by atoms with Crippen LogP contribution in [-0.2, 0) is 0 Å². The van der Waals surface area contributed by atoms with Crippen molar-refractivity contribution in [3.8, 4) is 6.07 Å². The molecule has 0 bridgehead atoms. The fraction of sp³-hybridized carbons (Fsp3) is 0.222. The Morgan fingerprint density at radius 2 is 2.31 bits per heavy atom. The molecule has 0 unspecified atom stereocenters. The van der Waals surface area contributed by atoms with E-state index in [-0.39, 0.29) is 12.4 Å². The van der Waals surface area contributed by atoms with Gasteiger partial charge in [-0.2, -0.15) is 5.26 Å².